The van der Waals surface area contributed by atoms with Crippen molar-refractivity contribution >= 4 is 34.8 Å². The molecule has 0 radical (unpaired) electrons. The van der Waals surface area contributed by atoms with Gasteiger partial charge in [0, 0.05) is 17.8 Å². The number of rotatable bonds is 7. The second-order valence-corrected chi connectivity index (χ2v) is 11.4. The Morgan fingerprint density at radius 3 is 2.69 bits per heavy atom. The van der Waals surface area contributed by atoms with E-state index < -0.39 is 17.7 Å². The number of amides is 1. The van der Waals surface area contributed by atoms with E-state index in [0.717, 1.165) is 58.7 Å². The van der Waals surface area contributed by atoms with Gasteiger partial charge in [-0.25, -0.2) is 14.8 Å². The number of carbonyl (C=O) groups is 2. The van der Waals surface area contributed by atoms with Crippen molar-refractivity contribution < 1.29 is 24.2 Å². The van der Waals surface area contributed by atoms with Gasteiger partial charge in [-0.1, -0.05) is 25.6 Å². The van der Waals surface area contributed by atoms with E-state index >= 15 is 0 Å². The standard InChI is InChI=1S/C32H41N5O5/c1-8-22-12-13-36(19-26(22)35-21(4)34-25-11-10-24(17-28(38)39)23(9-2)16-25)27-18-33-30-29(20(27)3)37(14-15-41-30)31(40)42-32(5,6)7/h8,10-11,16,18,34H,4,9,12-15,17,19H2,1-3,5-7H3,(H,38,39)/b22-8-,35-26-. The lowest BCUT2D eigenvalue weighted by molar-refractivity contribution is -0.136. The van der Waals surface area contributed by atoms with Gasteiger partial charge in [-0.2, -0.15) is 0 Å². The average Bonchev–Trinajstić information content (AvgIpc) is 2.92. The van der Waals surface area contributed by atoms with Gasteiger partial charge in [0.2, 0.25) is 5.88 Å². The van der Waals surface area contributed by atoms with Crippen LogP contribution in [0.2, 0.25) is 0 Å². The fourth-order valence-corrected chi connectivity index (χ4v) is 5.26. The first kappa shape index (κ1) is 30.6. The topological polar surface area (TPSA) is 117 Å². The molecule has 224 valence electrons. The summed E-state index contributed by atoms with van der Waals surface area (Å²) >= 11 is 0. The molecule has 4 rings (SSSR count). The number of hydrogen-bond donors (Lipinski definition) is 2. The van der Waals surface area contributed by atoms with Crippen LogP contribution in [0.4, 0.5) is 21.9 Å². The molecule has 10 nitrogen and oxygen atoms in total. The fourth-order valence-electron chi connectivity index (χ4n) is 5.26. The van der Waals surface area contributed by atoms with E-state index in [-0.39, 0.29) is 6.42 Å². The van der Waals surface area contributed by atoms with Gasteiger partial charge < -0.3 is 24.8 Å². The van der Waals surface area contributed by atoms with Crippen molar-refractivity contribution in [1.82, 2.24) is 4.98 Å². The molecular weight excluding hydrogens is 534 g/mol. The molecule has 0 aliphatic carbocycles. The molecule has 0 atom stereocenters. The minimum Gasteiger partial charge on any atom is -0.481 e. The van der Waals surface area contributed by atoms with E-state index in [1.54, 1.807) is 11.1 Å². The smallest absolute Gasteiger partial charge is 0.415 e. The number of piperidine rings is 1. The summed E-state index contributed by atoms with van der Waals surface area (Å²) in [6, 6.07) is 5.65. The quantitative estimate of drug-likeness (QED) is 0.420. The number of nitrogens with one attached hydrogen (secondary N) is 1. The molecule has 3 heterocycles. The molecule has 0 bridgehead atoms. The molecule has 2 aliphatic heterocycles. The monoisotopic (exact) mass is 575 g/mol. The third kappa shape index (κ3) is 7.10. The number of anilines is 3. The van der Waals surface area contributed by atoms with E-state index in [1.165, 1.54) is 0 Å². The number of nitrogens with zero attached hydrogens (tertiary/aromatic N) is 4. The van der Waals surface area contributed by atoms with Crippen LogP contribution in [0.25, 0.3) is 0 Å². The van der Waals surface area contributed by atoms with Crippen LogP contribution in [-0.2, 0) is 22.4 Å². The summed E-state index contributed by atoms with van der Waals surface area (Å²) in [5, 5.41) is 12.5. The lowest BCUT2D eigenvalue weighted by atomic mass is 10.00. The molecule has 1 amide bonds. The molecule has 1 saturated heterocycles. The zero-order valence-electron chi connectivity index (χ0n) is 25.4. The van der Waals surface area contributed by atoms with Crippen molar-refractivity contribution in [2.75, 3.05) is 41.4 Å². The number of aromatic nitrogens is 1. The van der Waals surface area contributed by atoms with E-state index in [9.17, 15) is 14.7 Å². The largest absolute Gasteiger partial charge is 0.481 e. The molecule has 0 spiro atoms. The second kappa shape index (κ2) is 12.7. The highest BCUT2D eigenvalue weighted by atomic mass is 16.6. The van der Waals surface area contributed by atoms with Gasteiger partial charge in [0.05, 0.1) is 37.1 Å². The molecule has 0 saturated carbocycles. The molecule has 2 N–H and O–H groups in total. The Hall–Kier alpha value is -4.34. The molecule has 1 fully saturated rings. The van der Waals surface area contributed by atoms with Crippen LogP contribution in [0.5, 0.6) is 5.88 Å². The zero-order chi connectivity index (χ0) is 30.6. The summed E-state index contributed by atoms with van der Waals surface area (Å²) in [4.78, 5) is 37.5. The first-order valence-electron chi connectivity index (χ1n) is 14.3. The second-order valence-electron chi connectivity index (χ2n) is 11.4. The van der Waals surface area contributed by atoms with E-state index in [1.807, 2.05) is 59.7 Å². The SMILES string of the molecule is C=C(/N=C1/CN(c2cnc3c(c2C)N(C(=O)OC(C)(C)C)CCO3)CC/C1=C/C)Nc1ccc(CC(=O)O)c(CC)c1. The molecular formula is C32H41N5O5. The Balaban J connectivity index is 1.57. The highest BCUT2D eigenvalue weighted by molar-refractivity contribution is 6.05. The van der Waals surface area contributed by atoms with Crippen molar-refractivity contribution in [1.29, 1.82) is 0 Å². The minimum atomic E-state index is -0.851. The predicted molar refractivity (Wildman–Crippen MR) is 166 cm³/mol. The molecule has 10 heteroatoms. The first-order chi connectivity index (χ1) is 19.9. The minimum absolute atomic E-state index is 0.00812. The van der Waals surface area contributed by atoms with Gasteiger partial charge in [-0.15, -0.1) is 0 Å². The predicted octanol–water partition coefficient (Wildman–Crippen LogP) is 5.89. The Bertz CT molecular complexity index is 1440. The Morgan fingerprint density at radius 1 is 1.26 bits per heavy atom. The van der Waals surface area contributed by atoms with Crippen LogP contribution in [0, 0.1) is 6.92 Å². The molecule has 1 aromatic carbocycles. The molecule has 1 aromatic heterocycles. The highest BCUT2D eigenvalue weighted by Crippen LogP contribution is 2.39. The fraction of sp³-hybridized carbons (Fsp3) is 0.438. The van der Waals surface area contributed by atoms with Gasteiger partial charge in [-0.05, 0) is 76.3 Å². The number of carboxylic acids is 1. The van der Waals surface area contributed by atoms with E-state index in [0.29, 0.717) is 37.1 Å². The summed E-state index contributed by atoms with van der Waals surface area (Å²) in [6.07, 6.45) is 4.96. The third-order valence-corrected chi connectivity index (χ3v) is 7.22. The summed E-state index contributed by atoms with van der Waals surface area (Å²) in [5.41, 5.74) is 6.41. The van der Waals surface area contributed by atoms with Crippen LogP contribution in [-0.4, -0.2) is 59.7 Å². The number of benzene rings is 1. The number of hydrogen-bond acceptors (Lipinski definition) is 8. The first-order valence-corrected chi connectivity index (χ1v) is 14.3. The number of fused-ring (bicyclic) bond motifs is 1. The Labute approximate surface area is 247 Å². The maximum atomic E-state index is 13.1. The summed E-state index contributed by atoms with van der Waals surface area (Å²) in [5.74, 6) is 0.0622. The summed E-state index contributed by atoms with van der Waals surface area (Å²) in [7, 11) is 0. The maximum Gasteiger partial charge on any atom is 0.415 e. The number of carbonyl (C=O) groups excluding carboxylic acids is 1. The number of aliphatic imine (C=N–C) groups is 1. The van der Waals surface area contributed by atoms with Crippen molar-refractivity contribution in [2.45, 2.75) is 66.4 Å². The molecule has 2 aliphatic rings. The van der Waals surface area contributed by atoms with Crippen LogP contribution in [0.3, 0.4) is 0 Å². The van der Waals surface area contributed by atoms with E-state index in [2.05, 4.69) is 27.9 Å². The number of pyridine rings is 1. The number of ether oxygens (including phenoxy) is 2. The summed E-state index contributed by atoms with van der Waals surface area (Å²) in [6.45, 7) is 17.7. The van der Waals surface area contributed by atoms with Gasteiger partial charge >= 0.3 is 12.1 Å². The maximum absolute atomic E-state index is 13.1. The average molecular weight is 576 g/mol. The van der Waals surface area contributed by atoms with Crippen LogP contribution < -0.4 is 19.9 Å². The van der Waals surface area contributed by atoms with Crippen molar-refractivity contribution in [2.24, 2.45) is 4.99 Å². The molecule has 0 unspecified atom stereocenters. The molecule has 2 aromatic rings. The Morgan fingerprint density at radius 2 is 2.02 bits per heavy atom. The Kier molecular flexibility index (Phi) is 9.23. The molecule has 42 heavy (non-hydrogen) atoms. The number of aliphatic carboxylic acids is 1. The van der Waals surface area contributed by atoms with Gasteiger partial charge in [0.1, 0.15) is 23.7 Å². The van der Waals surface area contributed by atoms with Crippen LogP contribution >= 0.6 is 0 Å². The lowest BCUT2D eigenvalue weighted by Crippen LogP contribution is -2.43. The lowest BCUT2D eigenvalue weighted by Gasteiger charge is -2.36. The van der Waals surface area contributed by atoms with Gasteiger partial charge in [0.25, 0.3) is 0 Å². The number of allylic oxidation sites excluding steroid dienone is 1. The highest BCUT2D eigenvalue weighted by Gasteiger charge is 2.33. The van der Waals surface area contributed by atoms with E-state index in [4.69, 9.17) is 14.5 Å². The summed E-state index contributed by atoms with van der Waals surface area (Å²) < 4.78 is 11.5. The van der Waals surface area contributed by atoms with Crippen LogP contribution in [0.15, 0.2) is 53.4 Å². The van der Waals surface area contributed by atoms with Crippen molar-refractivity contribution in [3.63, 3.8) is 0 Å². The third-order valence-electron chi connectivity index (χ3n) is 7.22. The van der Waals surface area contributed by atoms with Crippen molar-refractivity contribution in [3.05, 3.63) is 65.1 Å². The van der Waals surface area contributed by atoms with Crippen LogP contribution in [0.1, 0.15) is 57.7 Å². The number of aryl methyl sites for hydroxylation is 1. The zero-order valence-corrected chi connectivity index (χ0v) is 25.4. The number of carboxylic acid groups (broad SMARTS) is 1. The van der Waals surface area contributed by atoms with Gasteiger partial charge in [0.15, 0.2) is 0 Å². The van der Waals surface area contributed by atoms with Crippen molar-refractivity contribution in [3.8, 4) is 5.88 Å². The van der Waals surface area contributed by atoms with Gasteiger partial charge in [-0.3, -0.25) is 9.69 Å². The normalized spacial score (nSPS) is 17.1.